The SMILES string of the molecule is Nc1ccc2nc(OC3CCCCC3)sc2c1. The Morgan fingerprint density at radius 3 is 2.88 bits per heavy atom. The molecule has 0 aliphatic heterocycles. The van der Waals surface area contributed by atoms with Crippen LogP contribution >= 0.6 is 11.3 Å². The van der Waals surface area contributed by atoms with Gasteiger partial charge in [0.25, 0.3) is 5.19 Å². The number of ether oxygens (including phenoxy) is 1. The first-order chi connectivity index (χ1) is 8.31. The lowest BCUT2D eigenvalue weighted by atomic mass is 9.98. The first-order valence-electron chi connectivity index (χ1n) is 6.14. The van der Waals surface area contributed by atoms with Crippen molar-refractivity contribution in [3.63, 3.8) is 0 Å². The number of rotatable bonds is 2. The van der Waals surface area contributed by atoms with Gasteiger partial charge in [0.05, 0.1) is 10.2 Å². The van der Waals surface area contributed by atoms with Gasteiger partial charge in [-0.2, -0.15) is 0 Å². The summed E-state index contributed by atoms with van der Waals surface area (Å²) in [5.74, 6) is 0. The zero-order valence-corrected chi connectivity index (χ0v) is 10.5. The summed E-state index contributed by atoms with van der Waals surface area (Å²) in [6.45, 7) is 0. The maximum atomic E-state index is 5.95. The number of anilines is 1. The number of aromatic nitrogens is 1. The molecule has 1 saturated carbocycles. The zero-order chi connectivity index (χ0) is 11.7. The number of nitrogens with two attached hydrogens (primary N) is 1. The number of hydrogen-bond acceptors (Lipinski definition) is 4. The van der Waals surface area contributed by atoms with Crippen LogP contribution in [0, 0.1) is 0 Å². The summed E-state index contributed by atoms with van der Waals surface area (Å²) >= 11 is 1.59. The van der Waals surface area contributed by atoms with Crippen LogP contribution < -0.4 is 10.5 Å². The molecule has 1 aliphatic carbocycles. The van der Waals surface area contributed by atoms with Crippen molar-refractivity contribution in [2.24, 2.45) is 0 Å². The van der Waals surface area contributed by atoms with Crippen LogP contribution in [-0.2, 0) is 0 Å². The van der Waals surface area contributed by atoms with Crippen molar-refractivity contribution in [1.29, 1.82) is 0 Å². The predicted octanol–water partition coefficient (Wildman–Crippen LogP) is 3.59. The maximum Gasteiger partial charge on any atom is 0.274 e. The Morgan fingerprint density at radius 2 is 2.06 bits per heavy atom. The molecule has 0 atom stereocenters. The molecule has 1 aromatic carbocycles. The first kappa shape index (κ1) is 10.8. The molecule has 0 amide bonds. The summed E-state index contributed by atoms with van der Waals surface area (Å²) in [6, 6.07) is 5.79. The van der Waals surface area contributed by atoms with Crippen LogP contribution in [-0.4, -0.2) is 11.1 Å². The third kappa shape index (κ3) is 2.36. The van der Waals surface area contributed by atoms with Gasteiger partial charge in [0.1, 0.15) is 6.10 Å². The summed E-state index contributed by atoms with van der Waals surface area (Å²) in [5, 5.41) is 0.789. The minimum absolute atomic E-state index is 0.363. The van der Waals surface area contributed by atoms with Crippen LogP contribution in [0.2, 0.25) is 0 Å². The van der Waals surface area contributed by atoms with E-state index in [0.29, 0.717) is 6.10 Å². The molecule has 17 heavy (non-hydrogen) atoms. The largest absolute Gasteiger partial charge is 0.467 e. The van der Waals surface area contributed by atoms with E-state index >= 15 is 0 Å². The van der Waals surface area contributed by atoms with Gasteiger partial charge in [-0.1, -0.05) is 17.8 Å². The zero-order valence-electron chi connectivity index (χ0n) is 9.69. The van der Waals surface area contributed by atoms with Gasteiger partial charge in [-0.3, -0.25) is 0 Å². The second kappa shape index (κ2) is 4.53. The fourth-order valence-corrected chi connectivity index (χ4v) is 3.23. The summed E-state index contributed by atoms with van der Waals surface area (Å²) in [6.07, 6.45) is 6.60. The van der Waals surface area contributed by atoms with Crippen LogP contribution in [0.25, 0.3) is 10.2 Å². The molecular weight excluding hydrogens is 232 g/mol. The average Bonchev–Trinajstić information content (AvgIpc) is 2.71. The molecule has 1 aromatic heterocycles. The van der Waals surface area contributed by atoms with Gasteiger partial charge >= 0.3 is 0 Å². The molecule has 0 unspecified atom stereocenters. The van der Waals surface area contributed by atoms with Crippen LogP contribution in [0.15, 0.2) is 18.2 Å². The first-order valence-corrected chi connectivity index (χ1v) is 6.95. The van der Waals surface area contributed by atoms with Crippen molar-refractivity contribution in [2.75, 3.05) is 5.73 Å². The third-order valence-corrected chi connectivity index (χ3v) is 4.12. The second-order valence-electron chi connectivity index (χ2n) is 4.58. The molecule has 2 aromatic rings. The van der Waals surface area contributed by atoms with Crippen molar-refractivity contribution >= 4 is 27.2 Å². The molecule has 0 radical (unpaired) electrons. The summed E-state index contributed by atoms with van der Waals surface area (Å²) in [5.41, 5.74) is 7.52. The molecule has 0 spiro atoms. The topological polar surface area (TPSA) is 48.1 Å². The van der Waals surface area contributed by atoms with E-state index in [9.17, 15) is 0 Å². The summed E-state index contributed by atoms with van der Waals surface area (Å²) in [4.78, 5) is 4.49. The highest BCUT2D eigenvalue weighted by Crippen LogP contribution is 2.31. The minimum Gasteiger partial charge on any atom is -0.467 e. The van der Waals surface area contributed by atoms with Crippen LogP contribution in [0.3, 0.4) is 0 Å². The fraction of sp³-hybridized carbons (Fsp3) is 0.462. The van der Waals surface area contributed by atoms with Crippen LogP contribution in [0.5, 0.6) is 5.19 Å². The molecular formula is C13H16N2OS. The molecule has 0 saturated heterocycles. The smallest absolute Gasteiger partial charge is 0.274 e. The normalized spacial score (nSPS) is 17.4. The lowest BCUT2D eigenvalue weighted by molar-refractivity contribution is 0.155. The number of benzene rings is 1. The minimum atomic E-state index is 0.363. The lowest BCUT2D eigenvalue weighted by Gasteiger charge is -2.21. The Hall–Kier alpha value is -1.29. The highest BCUT2D eigenvalue weighted by Gasteiger charge is 2.16. The van der Waals surface area contributed by atoms with E-state index in [2.05, 4.69) is 4.98 Å². The van der Waals surface area contributed by atoms with Crippen molar-refractivity contribution in [2.45, 2.75) is 38.2 Å². The Balaban J connectivity index is 1.80. The Kier molecular flexibility index (Phi) is 2.89. The molecule has 3 rings (SSSR count). The Labute approximate surface area is 105 Å². The van der Waals surface area contributed by atoms with Crippen molar-refractivity contribution < 1.29 is 4.74 Å². The van der Waals surface area contributed by atoms with Crippen molar-refractivity contribution in [1.82, 2.24) is 4.98 Å². The molecule has 0 bridgehead atoms. The van der Waals surface area contributed by atoms with E-state index in [4.69, 9.17) is 10.5 Å². The summed E-state index contributed by atoms with van der Waals surface area (Å²) < 4.78 is 7.05. The van der Waals surface area contributed by atoms with Crippen molar-refractivity contribution in [3.8, 4) is 5.19 Å². The van der Waals surface area contributed by atoms with Crippen LogP contribution in [0.4, 0.5) is 5.69 Å². The van der Waals surface area contributed by atoms with Gasteiger partial charge in [0.2, 0.25) is 0 Å². The highest BCUT2D eigenvalue weighted by molar-refractivity contribution is 7.20. The molecule has 90 valence electrons. The van der Waals surface area contributed by atoms with E-state index < -0.39 is 0 Å². The van der Waals surface area contributed by atoms with E-state index in [1.165, 1.54) is 19.3 Å². The van der Waals surface area contributed by atoms with Gasteiger partial charge in [0, 0.05) is 5.69 Å². The monoisotopic (exact) mass is 248 g/mol. The van der Waals surface area contributed by atoms with E-state index in [0.717, 1.165) is 33.9 Å². The number of hydrogen-bond donors (Lipinski definition) is 1. The second-order valence-corrected chi connectivity index (χ2v) is 5.58. The standard InChI is InChI=1S/C13H16N2OS/c14-9-6-7-11-12(8-9)17-13(15-11)16-10-4-2-1-3-5-10/h6-8,10H,1-5,14H2. The quantitative estimate of drug-likeness (QED) is 0.826. The fourth-order valence-electron chi connectivity index (χ4n) is 2.30. The third-order valence-electron chi connectivity index (χ3n) is 3.21. The highest BCUT2D eigenvalue weighted by atomic mass is 32.1. The molecule has 2 N–H and O–H groups in total. The molecule has 1 heterocycles. The van der Waals surface area contributed by atoms with Gasteiger partial charge in [0.15, 0.2) is 0 Å². The number of thiazole rings is 1. The van der Waals surface area contributed by atoms with Gasteiger partial charge < -0.3 is 10.5 Å². The Morgan fingerprint density at radius 1 is 1.24 bits per heavy atom. The van der Waals surface area contributed by atoms with Crippen LogP contribution in [0.1, 0.15) is 32.1 Å². The van der Waals surface area contributed by atoms with Gasteiger partial charge in [-0.15, -0.1) is 0 Å². The number of nitrogen functional groups attached to an aromatic ring is 1. The number of fused-ring (bicyclic) bond motifs is 1. The van der Waals surface area contributed by atoms with Gasteiger partial charge in [-0.25, -0.2) is 4.98 Å². The molecule has 4 heteroatoms. The van der Waals surface area contributed by atoms with E-state index in [1.54, 1.807) is 11.3 Å². The van der Waals surface area contributed by atoms with E-state index in [-0.39, 0.29) is 0 Å². The van der Waals surface area contributed by atoms with E-state index in [1.807, 2.05) is 18.2 Å². The Bertz CT molecular complexity index is 517. The van der Waals surface area contributed by atoms with Crippen molar-refractivity contribution in [3.05, 3.63) is 18.2 Å². The average molecular weight is 248 g/mol. The number of nitrogens with zero attached hydrogens (tertiary/aromatic N) is 1. The maximum absolute atomic E-state index is 5.95. The molecule has 1 aliphatic rings. The predicted molar refractivity (Wildman–Crippen MR) is 71.5 cm³/mol. The lowest BCUT2D eigenvalue weighted by Crippen LogP contribution is -2.19. The molecule has 1 fully saturated rings. The molecule has 3 nitrogen and oxygen atoms in total. The summed E-state index contributed by atoms with van der Waals surface area (Å²) in [7, 11) is 0. The van der Waals surface area contributed by atoms with Gasteiger partial charge in [-0.05, 0) is 43.9 Å².